The van der Waals surface area contributed by atoms with Gasteiger partial charge in [0.2, 0.25) is 0 Å². The van der Waals surface area contributed by atoms with Crippen molar-refractivity contribution in [1.82, 2.24) is 0 Å². The minimum Gasteiger partial charge on any atom is -0.456 e. The van der Waals surface area contributed by atoms with E-state index in [4.69, 9.17) is 10.1 Å². The van der Waals surface area contributed by atoms with Crippen molar-refractivity contribution >= 4 is 17.7 Å². The molecule has 0 saturated carbocycles. The number of benzene rings is 2. The first-order chi connectivity index (χ1) is 11.2. The second-order valence-electron chi connectivity index (χ2n) is 5.68. The van der Waals surface area contributed by atoms with Crippen LogP contribution < -0.4 is 0 Å². The first kappa shape index (κ1) is 15.0. The number of nitrogens with one attached hydrogen (secondary N) is 1. The predicted octanol–water partition coefficient (Wildman–Crippen LogP) is 5.29. The molecule has 0 aliphatic carbocycles. The summed E-state index contributed by atoms with van der Waals surface area (Å²) in [7, 11) is 0. The van der Waals surface area contributed by atoms with Gasteiger partial charge in [0.05, 0.1) is 0 Å². The van der Waals surface area contributed by atoms with E-state index in [9.17, 15) is 0 Å². The van der Waals surface area contributed by atoms with Gasteiger partial charge in [0.25, 0.3) is 0 Å². The van der Waals surface area contributed by atoms with Crippen LogP contribution >= 0.6 is 0 Å². The van der Waals surface area contributed by atoms with Crippen LogP contribution in [0.25, 0.3) is 11.5 Å². The van der Waals surface area contributed by atoms with Gasteiger partial charge in [-0.15, -0.1) is 0 Å². The quantitative estimate of drug-likeness (QED) is 0.767. The molecule has 0 fully saturated rings. The molecule has 0 spiro atoms. The fourth-order valence-corrected chi connectivity index (χ4v) is 2.43. The summed E-state index contributed by atoms with van der Waals surface area (Å²) in [6.07, 6.45) is 7.00. The average molecular weight is 301 g/mol. The highest BCUT2D eigenvalue weighted by Gasteiger charge is 2.14. The van der Waals surface area contributed by atoms with E-state index in [-0.39, 0.29) is 0 Å². The van der Waals surface area contributed by atoms with Crippen LogP contribution in [-0.2, 0) is 4.74 Å². The maximum atomic E-state index is 7.34. The lowest BCUT2D eigenvalue weighted by Crippen LogP contribution is -2.00. The van der Waals surface area contributed by atoms with Gasteiger partial charge in [0, 0.05) is 17.3 Å². The van der Waals surface area contributed by atoms with E-state index in [2.05, 4.69) is 62.4 Å². The molecule has 0 aromatic heterocycles. The highest BCUT2D eigenvalue weighted by atomic mass is 16.5. The molecular weight excluding hydrogens is 282 g/mol. The van der Waals surface area contributed by atoms with Crippen LogP contribution in [-0.4, -0.2) is 6.21 Å². The van der Waals surface area contributed by atoms with Gasteiger partial charge in [-0.2, -0.15) is 0 Å². The Morgan fingerprint density at radius 3 is 1.57 bits per heavy atom. The van der Waals surface area contributed by atoms with Crippen LogP contribution in [0.3, 0.4) is 0 Å². The van der Waals surface area contributed by atoms with Crippen molar-refractivity contribution in [3.8, 4) is 0 Å². The lowest BCUT2D eigenvalue weighted by molar-refractivity contribution is 0.467. The summed E-state index contributed by atoms with van der Waals surface area (Å²) in [6.45, 7) is 4.13. The Morgan fingerprint density at radius 2 is 1.17 bits per heavy atom. The average Bonchev–Trinajstić information content (AvgIpc) is 2.56. The van der Waals surface area contributed by atoms with Crippen molar-refractivity contribution in [3.63, 3.8) is 0 Å². The molecule has 0 bridgehead atoms. The Labute approximate surface area is 136 Å². The van der Waals surface area contributed by atoms with E-state index in [0.717, 1.165) is 28.2 Å². The molecular formula is C21H19NO. The molecule has 0 unspecified atom stereocenters. The van der Waals surface area contributed by atoms with E-state index in [0.29, 0.717) is 0 Å². The summed E-state index contributed by atoms with van der Waals surface area (Å²) in [6, 6.07) is 16.5. The minimum atomic E-state index is 0.802. The predicted molar refractivity (Wildman–Crippen MR) is 96.3 cm³/mol. The number of aryl methyl sites for hydroxylation is 2. The molecule has 2 nitrogen and oxygen atoms in total. The third kappa shape index (κ3) is 3.49. The lowest BCUT2D eigenvalue weighted by Gasteiger charge is -2.19. The number of ether oxygens (including phenoxy) is 1. The standard InChI is InChI=1S/C21H19NO/c1-15-3-7-18(8-4-15)20-13-17(11-12-22)14-21(23-20)19-9-5-16(2)6-10-19/h3-14,22H,1-2H3. The second kappa shape index (κ2) is 6.49. The molecule has 114 valence electrons. The minimum absolute atomic E-state index is 0.802. The lowest BCUT2D eigenvalue weighted by atomic mass is 10.0. The van der Waals surface area contributed by atoms with Crippen molar-refractivity contribution in [2.24, 2.45) is 0 Å². The summed E-state index contributed by atoms with van der Waals surface area (Å²) in [5, 5.41) is 7.34. The normalized spacial score (nSPS) is 13.7. The summed E-state index contributed by atoms with van der Waals surface area (Å²) >= 11 is 0. The van der Waals surface area contributed by atoms with Crippen molar-refractivity contribution in [2.75, 3.05) is 0 Å². The van der Waals surface area contributed by atoms with Gasteiger partial charge in [-0.1, -0.05) is 59.7 Å². The van der Waals surface area contributed by atoms with Crippen molar-refractivity contribution in [1.29, 1.82) is 5.41 Å². The molecule has 2 aromatic rings. The first-order valence-electron chi connectivity index (χ1n) is 7.62. The Morgan fingerprint density at radius 1 is 0.739 bits per heavy atom. The third-order valence-corrected chi connectivity index (χ3v) is 3.76. The van der Waals surface area contributed by atoms with Gasteiger partial charge < -0.3 is 10.1 Å². The SMILES string of the molecule is Cc1ccc(C2=CC(=CC=N)C=C(c3ccc(C)cc3)O2)cc1. The Balaban J connectivity index is 1.99. The van der Waals surface area contributed by atoms with Crippen molar-refractivity contribution in [3.05, 3.63) is 94.6 Å². The van der Waals surface area contributed by atoms with Gasteiger partial charge in [0.1, 0.15) is 11.5 Å². The van der Waals surface area contributed by atoms with E-state index in [1.54, 1.807) is 6.08 Å². The van der Waals surface area contributed by atoms with Crippen LogP contribution in [0, 0.1) is 19.3 Å². The van der Waals surface area contributed by atoms with Crippen LogP contribution in [0.1, 0.15) is 22.3 Å². The van der Waals surface area contributed by atoms with Gasteiger partial charge in [-0.3, -0.25) is 0 Å². The molecule has 2 aromatic carbocycles. The third-order valence-electron chi connectivity index (χ3n) is 3.76. The zero-order valence-corrected chi connectivity index (χ0v) is 13.3. The number of hydrogen-bond acceptors (Lipinski definition) is 2. The number of rotatable bonds is 3. The van der Waals surface area contributed by atoms with Crippen molar-refractivity contribution < 1.29 is 4.74 Å². The van der Waals surface area contributed by atoms with Crippen molar-refractivity contribution in [2.45, 2.75) is 13.8 Å². The zero-order chi connectivity index (χ0) is 16.2. The van der Waals surface area contributed by atoms with Gasteiger partial charge in [0.15, 0.2) is 0 Å². The zero-order valence-electron chi connectivity index (χ0n) is 13.3. The fourth-order valence-electron chi connectivity index (χ4n) is 2.43. The number of allylic oxidation sites excluding steroid dienone is 4. The highest BCUT2D eigenvalue weighted by Crippen LogP contribution is 2.32. The highest BCUT2D eigenvalue weighted by molar-refractivity contribution is 5.81. The first-order valence-corrected chi connectivity index (χ1v) is 7.62. The molecule has 1 aliphatic heterocycles. The largest absolute Gasteiger partial charge is 0.456 e. The van der Waals surface area contributed by atoms with E-state index in [1.165, 1.54) is 17.3 Å². The molecule has 2 heteroatoms. The Kier molecular flexibility index (Phi) is 4.24. The topological polar surface area (TPSA) is 33.1 Å². The molecule has 0 radical (unpaired) electrons. The number of hydrogen-bond donors (Lipinski definition) is 1. The van der Waals surface area contributed by atoms with E-state index in [1.807, 2.05) is 12.2 Å². The van der Waals surface area contributed by atoms with Gasteiger partial charge in [-0.05, 0) is 37.6 Å². The summed E-state index contributed by atoms with van der Waals surface area (Å²) < 4.78 is 6.12. The Hall–Kier alpha value is -2.87. The van der Waals surface area contributed by atoms with Gasteiger partial charge >= 0.3 is 0 Å². The smallest absolute Gasteiger partial charge is 0.135 e. The maximum Gasteiger partial charge on any atom is 0.135 e. The van der Waals surface area contributed by atoms with E-state index < -0.39 is 0 Å². The molecule has 1 aliphatic rings. The second-order valence-corrected chi connectivity index (χ2v) is 5.68. The maximum absolute atomic E-state index is 7.34. The Bertz CT molecular complexity index is 742. The summed E-state index contributed by atoms with van der Waals surface area (Å²) in [5.74, 6) is 1.60. The summed E-state index contributed by atoms with van der Waals surface area (Å²) in [5.41, 5.74) is 5.45. The molecule has 0 atom stereocenters. The van der Waals surface area contributed by atoms with Crippen LogP contribution in [0.5, 0.6) is 0 Å². The fraction of sp³-hybridized carbons (Fsp3) is 0.0952. The monoisotopic (exact) mass is 301 g/mol. The van der Waals surface area contributed by atoms with Gasteiger partial charge in [-0.25, -0.2) is 0 Å². The van der Waals surface area contributed by atoms with Crippen LogP contribution in [0.2, 0.25) is 0 Å². The molecule has 0 amide bonds. The summed E-state index contributed by atoms with van der Waals surface area (Å²) in [4.78, 5) is 0. The molecule has 3 rings (SSSR count). The van der Waals surface area contributed by atoms with Crippen LogP contribution in [0.15, 0.2) is 72.3 Å². The molecule has 23 heavy (non-hydrogen) atoms. The molecule has 1 N–H and O–H groups in total. The molecule has 1 heterocycles. The molecule has 0 saturated heterocycles. The van der Waals surface area contributed by atoms with E-state index >= 15 is 0 Å². The van der Waals surface area contributed by atoms with Crippen LogP contribution in [0.4, 0.5) is 0 Å².